The predicted octanol–water partition coefficient (Wildman–Crippen LogP) is 4.00. The molecule has 8 heteroatoms. The number of aliphatic carboxylic acids is 1. The normalized spacial score (nSPS) is 12.4. The second-order valence-electron chi connectivity index (χ2n) is 9.85. The number of nitrogens with zero attached hydrogens (tertiary/aromatic N) is 1. The Hall–Kier alpha value is -1.54. The maximum absolute atomic E-state index is 11.5. The molecule has 0 bridgehead atoms. The van der Waals surface area contributed by atoms with Gasteiger partial charge < -0.3 is 20.4 Å². The summed E-state index contributed by atoms with van der Waals surface area (Å²) in [5, 5.41) is 34.2. The van der Waals surface area contributed by atoms with E-state index >= 15 is 0 Å². The maximum atomic E-state index is 11.5. The third-order valence-electron chi connectivity index (χ3n) is 4.23. The molecule has 0 spiro atoms. The number of carboxylic acid groups (broad SMARTS) is 1. The number of aliphatic hydroxyl groups excluding tert-OH is 2. The summed E-state index contributed by atoms with van der Waals surface area (Å²) in [7, 11) is 2.00. The Kier molecular flexibility index (Phi) is 16.0. The SMILES string of the molecule is CC(C)(C)c1cc(C=N[C@H](C(=O)O)C(C)(C)C)c(O)c(C(C)(C)C)c1.CO.CO.[O]=[V]. The number of rotatable bonds is 3. The number of hydrogen-bond donors (Lipinski definition) is 4. The average Bonchev–Trinajstić information content (AvgIpc) is 2.64. The molecule has 0 amide bonds. The van der Waals surface area contributed by atoms with Gasteiger partial charge >= 0.3 is 27.0 Å². The average molecular weight is 479 g/mol. The van der Waals surface area contributed by atoms with Crippen LogP contribution in [0.4, 0.5) is 0 Å². The molecule has 0 saturated heterocycles. The fourth-order valence-corrected chi connectivity index (χ4v) is 2.57. The van der Waals surface area contributed by atoms with Gasteiger partial charge in [-0.05, 0) is 27.9 Å². The monoisotopic (exact) mass is 478 g/mol. The van der Waals surface area contributed by atoms with Crippen molar-refractivity contribution in [3.63, 3.8) is 0 Å². The van der Waals surface area contributed by atoms with Gasteiger partial charge in [-0.1, -0.05) is 68.4 Å². The Balaban J connectivity index is -0.00000120. The first kappa shape index (κ1) is 34.1. The summed E-state index contributed by atoms with van der Waals surface area (Å²) in [6.07, 6.45) is 1.50. The molecule has 179 valence electrons. The van der Waals surface area contributed by atoms with E-state index in [-0.39, 0.29) is 16.6 Å². The van der Waals surface area contributed by atoms with Crippen LogP contribution in [0.2, 0.25) is 0 Å². The van der Waals surface area contributed by atoms with Gasteiger partial charge in [-0.3, -0.25) is 4.99 Å². The molecule has 4 N–H and O–H groups in total. The molecule has 1 atom stereocenters. The van der Waals surface area contributed by atoms with Crippen LogP contribution in [0.5, 0.6) is 5.75 Å². The van der Waals surface area contributed by atoms with Crippen LogP contribution < -0.4 is 0 Å². The Morgan fingerprint density at radius 3 is 1.61 bits per heavy atom. The molecule has 0 unspecified atom stereocenters. The number of aromatic hydroxyl groups is 1. The molecular formula is C23H41NO6V. The first-order valence-corrected chi connectivity index (χ1v) is 10.3. The van der Waals surface area contributed by atoms with Gasteiger partial charge in [0, 0.05) is 31.6 Å². The Morgan fingerprint density at radius 1 is 0.903 bits per heavy atom. The molecular weight excluding hydrogens is 437 g/mol. The van der Waals surface area contributed by atoms with Gasteiger partial charge in [0.05, 0.1) is 0 Å². The number of carbonyl (C=O) groups is 1. The summed E-state index contributed by atoms with van der Waals surface area (Å²) in [4.78, 5) is 15.8. The van der Waals surface area contributed by atoms with Crippen molar-refractivity contribution in [2.45, 2.75) is 79.2 Å². The topological polar surface area (TPSA) is 127 Å². The summed E-state index contributed by atoms with van der Waals surface area (Å²) < 4.78 is 8.19. The Bertz CT molecular complexity index is 698. The molecule has 1 rings (SSSR count). The summed E-state index contributed by atoms with van der Waals surface area (Å²) >= 11 is 1.06. The van der Waals surface area contributed by atoms with Crippen molar-refractivity contribution in [3.05, 3.63) is 28.8 Å². The van der Waals surface area contributed by atoms with Crippen LogP contribution in [-0.4, -0.2) is 52.9 Å². The molecule has 1 aromatic rings. The van der Waals surface area contributed by atoms with E-state index < -0.39 is 17.4 Å². The van der Waals surface area contributed by atoms with E-state index in [1.807, 2.05) is 53.7 Å². The van der Waals surface area contributed by atoms with Gasteiger partial charge in [0.1, 0.15) is 5.75 Å². The number of aliphatic imine (C=N–C) groups is 1. The summed E-state index contributed by atoms with van der Waals surface area (Å²) in [5.41, 5.74) is 1.65. The molecule has 0 fully saturated rings. The van der Waals surface area contributed by atoms with Gasteiger partial charge in [-0.25, -0.2) is 4.79 Å². The fourth-order valence-electron chi connectivity index (χ4n) is 2.57. The van der Waals surface area contributed by atoms with Crippen LogP contribution >= 0.6 is 0 Å². The Labute approximate surface area is 196 Å². The molecule has 0 aliphatic heterocycles. The van der Waals surface area contributed by atoms with E-state index in [2.05, 4.69) is 25.8 Å². The van der Waals surface area contributed by atoms with E-state index in [1.54, 1.807) is 0 Å². The zero-order valence-electron chi connectivity index (χ0n) is 20.8. The second kappa shape index (κ2) is 14.5. The second-order valence-corrected chi connectivity index (χ2v) is 9.85. The van der Waals surface area contributed by atoms with Crippen LogP contribution in [0.15, 0.2) is 17.1 Å². The van der Waals surface area contributed by atoms with Crippen molar-refractivity contribution in [2.75, 3.05) is 14.2 Å². The molecule has 7 nitrogen and oxygen atoms in total. The molecule has 31 heavy (non-hydrogen) atoms. The number of aliphatic hydroxyl groups is 2. The third-order valence-corrected chi connectivity index (χ3v) is 4.23. The van der Waals surface area contributed by atoms with E-state index in [4.69, 9.17) is 13.9 Å². The summed E-state index contributed by atoms with van der Waals surface area (Å²) in [6.45, 7) is 18.0. The number of carboxylic acids is 1. The van der Waals surface area contributed by atoms with Crippen molar-refractivity contribution in [2.24, 2.45) is 10.4 Å². The van der Waals surface area contributed by atoms with Gasteiger partial charge in [-0.2, -0.15) is 0 Å². The molecule has 0 aromatic heterocycles. The first-order valence-electron chi connectivity index (χ1n) is 9.77. The van der Waals surface area contributed by atoms with Gasteiger partial charge in [0.2, 0.25) is 0 Å². The minimum absolute atomic E-state index is 0.0908. The van der Waals surface area contributed by atoms with Gasteiger partial charge in [-0.15, -0.1) is 0 Å². The van der Waals surface area contributed by atoms with Crippen molar-refractivity contribution < 1.29 is 46.3 Å². The number of hydrogen-bond acceptors (Lipinski definition) is 6. The third kappa shape index (κ3) is 11.6. The molecule has 0 aliphatic rings. The van der Waals surface area contributed by atoms with E-state index in [0.29, 0.717) is 5.56 Å². The van der Waals surface area contributed by atoms with Crippen molar-refractivity contribution in [1.82, 2.24) is 0 Å². The van der Waals surface area contributed by atoms with E-state index in [0.717, 1.165) is 42.7 Å². The van der Waals surface area contributed by atoms with Gasteiger partial charge in [0.15, 0.2) is 6.04 Å². The number of phenolic OH excluding ortho intramolecular Hbond substituents is 1. The molecule has 0 saturated carbocycles. The standard InChI is InChI=1S/C21H33NO3.2CH4O.O.V/c1-19(2,3)14-10-13(16(23)15(11-14)20(4,5)6)12-22-17(18(24)25)21(7,8)9;2*1-2;;/h10-12,17,23H,1-9H3,(H,24,25);2*2H,1H3;;/t17-;;;;/m1..../s1. The van der Waals surface area contributed by atoms with Crippen LogP contribution in [0.3, 0.4) is 0 Å². The molecule has 1 aromatic carbocycles. The van der Waals surface area contributed by atoms with E-state index in [1.165, 1.54) is 6.21 Å². The van der Waals surface area contributed by atoms with Crippen LogP contribution in [0, 0.1) is 5.41 Å². The Morgan fingerprint density at radius 2 is 1.32 bits per heavy atom. The molecule has 0 heterocycles. The molecule has 0 radical (unpaired) electrons. The zero-order chi connectivity index (χ0) is 25.8. The number of benzene rings is 1. The molecule has 0 aliphatic carbocycles. The van der Waals surface area contributed by atoms with Crippen molar-refractivity contribution in [3.8, 4) is 5.75 Å². The van der Waals surface area contributed by atoms with Gasteiger partial charge in [0.25, 0.3) is 0 Å². The summed E-state index contributed by atoms with van der Waals surface area (Å²) in [6, 6.07) is 3.06. The quantitative estimate of drug-likeness (QED) is 0.486. The minimum atomic E-state index is -0.966. The van der Waals surface area contributed by atoms with E-state index in [9.17, 15) is 15.0 Å². The number of phenols is 1. The van der Waals surface area contributed by atoms with Crippen molar-refractivity contribution in [1.29, 1.82) is 0 Å². The zero-order valence-corrected chi connectivity index (χ0v) is 22.2. The van der Waals surface area contributed by atoms with Crippen molar-refractivity contribution >= 4 is 12.2 Å². The fraction of sp³-hybridized carbons (Fsp3) is 0.652. The predicted molar refractivity (Wildman–Crippen MR) is 121 cm³/mol. The van der Waals surface area contributed by atoms with Crippen LogP contribution in [-0.2, 0) is 36.7 Å². The van der Waals surface area contributed by atoms with Crippen LogP contribution in [0.25, 0.3) is 0 Å². The van der Waals surface area contributed by atoms with Crippen LogP contribution in [0.1, 0.15) is 79.0 Å². The summed E-state index contributed by atoms with van der Waals surface area (Å²) in [5.74, 6) is -0.798. The first-order chi connectivity index (χ1) is 14.0.